The number of aromatic nitrogens is 2. The molecule has 0 unspecified atom stereocenters. The Morgan fingerprint density at radius 1 is 0.559 bits per heavy atom. The summed E-state index contributed by atoms with van der Waals surface area (Å²) in [6.45, 7) is 0. The Morgan fingerprint density at radius 3 is 2.19 bits per heavy atom. The first-order chi connectivity index (χ1) is 29.2. The lowest BCUT2D eigenvalue weighted by Gasteiger charge is -2.13. The van der Waals surface area contributed by atoms with Crippen LogP contribution in [0, 0.1) is 0 Å². The summed E-state index contributed by atoms with van der Waals surface area (Å²) in [5, 5.41) is 16.7. The Balaban J connectivity index is 0.955. The van der Waals surface area contributed by atoms with Crippen molar-refractivity contribution in [2.24, 2.45) is 0 Å². The van der Waals surface area contributed by atoms with E-state index in [2.05, 4.69) is 160 Å². The van der Waals surface area contributed by atoms with E-state index in [1.54, 1.807) is 6.07 Å². The van der Waals surface area contributed by atoms with Gasteiger partial charge in [0, 0.05) is 49.6 Å². The van der Waals surface area contributed by atoms with Crippen LogP contribution in [0.3, 0.4) is 0 Å². The highest BCUT2D eigenvalue weighted by Crippen LogP contribution is 2.43. The zero-order valence-electron chi connectivity index (χ0n) is 32.1. The van der Waals surface area contributed by atoms with E-state index in [0.717, 1.165) is 73.9 Å². The van der Waals surface area contributed by atoms with Crippen LogP contribution in [0.2, 0.25) is 0 Å². The Labute approximate surface area is 340 Å². The van der Waals surface area contributed by atoms with Gasteiger partial charge in [0.05, 0.1) is 16.6 Å². The minimum absolute atomic E-state index is 0.256. The number of aromatic hydroxyl groups is 1. The van der Waals surface area contributed by atoms with Gasteiger partial charge in [0.25, 0.3) is 0 Å². The van der Waals surface area contributed by atoms with Gasteiger partial charge in [-0.25, -0.2) is 0 Å². The Bertz CT molecular complexity index is 3520. The van der Waals surface area contributed by atoms with Crippen molar-refractivity contribution in [1.29, 1.82) is 0 Å². The van der Waals surface area contributed by atoms with Crippen molar-refractivity contribution in [2.45, 2.75) is 12.8 Å². The van der Waals surface area contributed by atoms with Gasteiger partial charge in [-0.2, -0.15) is 0 Å². The highest BCUT2D eigenvalue weighted by molar-refractivity contribution is 6.17. The van der Waals surface area contributed by atoms with E-state index in [-0.39, 0.29) is 5.75 Å². The van der Waals surface area contributed by atoms with Crippen molar-refractivity contribution in [1.82, 2.24) is 9.13 Å². The highest BCUT2D eigenvalue weighted by Gasteiger charge is 2.24. The third-order valence-electron chi connectivity index (χ3n) is 12.2. The molecule has 2 aliphatic rings. The largest absolute Gasteiger partial charge is 0.507 e. The minimum Gasteiger partial charge on any atom is -0.507 e. The summed E-state index contributed by atoms with van der Waals surface area (Å²) in [6, 6.07) is 51.9. The fraction of sp³-hybridized carbons (Fsp3) is 0.0364. The third kappa shape index (κ3) is 5.24. The van der Waals surface area contributed by atoms with E-state index in [0.29, 0.717) is 0 Å². The molecule has 0 aliphatic heterocycles. The molecule has 0 radical (unpaired) electrons. The first kappa shape index (κ1) is 33.4. The summed E-state index contributed by atoms with van der Waals surface area (Å²) in [4.78, 5) is 0. The average Bonchev–Trinajstić information content (AvgIpc) is 3.85. The number of allylic oxidation sites excluding steroid dienone is 6. The predicted molar refractivity (Wildman–Crippen MR) is 245 cm³/mol. The molecule has 0 saturated carbocycles. The van der Waals surface area contributed by atoms with Gasteiger partial charge in [-0.3, -0.25) is 0 Å². The van der Waals surface area contributed by atoms with Gasteiger partial charge in [0.15, 0.2) is 0 Å². The first-order valence-corrected chi connectivity index (χ1v) is 20.2. The lowest BCUT2D eigenvalue weighted by atomic mass is 9.97. The molecule has 59 heavy (non-hydrogen) atoms. The van der Waals surface area contributed by atoms with Crippen molar-refractivity contribution < 1.29 is 9.52 Å². The van der Waals surface area contributed by atoms with Crippen molar-refractivity contribution >= 4 is 66.3 Å². The number of aryl methyl sites for hydroxylation is 1. The Morgan fingerprint density at radius 2 is 1.29 bits per heavy atom. The molecular formula is C55H36N2O2. The van der Waals surface area contributed by atoms with Crippen LogP contribution in [0.4, 0.5) is 0 Å². The van der Waals surface area contributed by atoms with Crippen LogP contribution in [0.15, 0.2) is 192 Å². The summed E-state index contributed by atoms with van der Waals surface area (Å²) in [7, 11) is 0. The molecule has 1 N–H and O–H groups in total. The number of furan rings is 1. The number of fused-ring (bicyclic) bond motifs is 10. The van der Waals surface area contributed by atoms with Crippen LogP contribution in [0.1, 0.15) is 23.2 Å². The number of para-hydroxylation sites is 2. The van der Waals surface area contributed by atoms with Crippen molar-refractivity contribution in [3.63, 3.8) is 0 Å². The maximum Gasteiger partial charge on any atom is 0.145 e. The number of hydrogen-bond donors (Lipinski definition) is 1. The van der Waals surface area contributed by atoms with Gasteiger partial charge in [-0.15, -0.1) is 5.73 Å². The monoisotopic (exact) mass is 756 g/mol. The smallest absolute Gasteiger partial charge is 0.145 e. The molecule has 0 fully saturated rings. The molecule has 0 saturated heterocycles. The van der Waals surface area contributed by atoms with Crippen LogP contribution >= 0.6 is 0 Å². The van der Waals surface area contributed by atoms with Gasteiger partial charge in [0.2, 0.25) is 0 Å². The first-order valence-electron chi connectivity index (χ1n) is 20.2. The highest BCUT2D eigenvalue weighted by atomic mass is 16.3. The van der Waals surface area contributed by atoms with Gasteiger partial charge in [-0.1, -0.05) is 85.0 Å². The molecule has 0 atom stereocenters. The predicted octanol–water partition coefficient (Wildman–Crippen LogP) is 14.3. The third-order valence-corrected chi connectivity index (χ3v) is 12.2. The molecule has 7 aromatic carbocycles. The van der Waals surface area contributed by atoms with E-state index in [1.165, 1.54) is 49.6 Å². The summed E-state index contributed by atoms with van der Waals surface area (Å²) in [5.74, 6) is 0.256. The fourth-order valence-corrected chi connectivity index (χ4v) is 9.40. The fourth-order valence-electron chi connectivity index (χ4n) is 9.40. The zero-order chi connectivity index (χ0) is 39.0. The molecule has 3 heterocycles. The molecule has 10 aromatic rings. The molecule has 4 heteroatoms. The second-order valence-electron chi connectivity index (χ2n) is 15.5. The average molecular weight is 757 g/mol. The maximum atomic E-state index is 10.8. The lowest BCUT2D eigenvalue weighted by Crippen LogP contribution is -2.00. The van der Waals surface area contributed by atoms with Crippen LogP contribution in [0.5, 0.6) is 5.75 Å². The zero-order valence-corrected chi connectivity index (χ0v) is 32.1. The number of phenols is 1. The van der Waals surface area contributed by atoms with Gasteiger partial charge in [0.1, 0.15) is 16.9 Å². The molecule has 0 bridgehead atoms. The Hall–Kier alpha value is -7.78. The van der Waals surface area contributed by atoms with Crippen LogP contribution in [-0.4, -0.2) is 14.2 Å². The van der Waals surface area contributed by atoms with Crippen molar-refractivity contribution in [2.75, 3.05) is 0 Å². The second kappa shape index (κ2) is 13.1. The van der Waals surface area contributed by atoms with Crippen LogP contribution < -0.4 is 0 Å². The summed E-state index contributed by atoms with van der Waals surface area (Å²) in [5.41, 5.74) is 19.5. The van der Waals surface area contributed by atoms with Crippen molar-refractivity contribution in [3.05, 3.63) is 205 Å². The maximum absolute atomic E-state index is 10.8. The number of phenolic OH excluding ortho intramolecular Hbond substituents is 1. The van der Waals surface area contributed by atoms with Gasteiger partial charge in [-0.05, 0) is 149 Å². The van der Waals surface area contributed by atoms with Gasteiger partial charge >= 0.3 is 0 Å². The number of hydrogen-bond acceptors (Lipinski definition) is 2. The molecule has 3 aromatic heterocycles. The molecular weight excluding hydrogens is 721 g/mol. The molecule has 12 rings (SSSR count). The van der Waals surface area contributed by atoms with Crippen LogP contribution in [-0.2, 0) is 6.42 Å². The number of rotatable bonds is 5. The van der Waals surface area contributed by atoms with Crippen LogP contribution in [0.25, 0.3) is 99.9 Å². The lowest BCUT2D eigenvalue weighted by molar-refractivity contribution is 0.474. The number of nitrogens with zero attached hydrogens (tertiary/aromatic N) is 2. The molecule has 0 spiro atoms. The minimum atomic E-state index is 0.256. The van der Waals surface area contributed by atoms with Crippen molar-refractivity contribution in [3.8, 4) is 39.4 Å². The number of benzene rings is 7. The van der Waals surface area contributed by atoms with E-state index in [4.69, 9.17) is 4.42 Å². The quantitative estimate of drug-likeness (QED) is 0.178. The summed E-state index contributed by atoms with van der Waals surface area (Å²) >= 11 is 0. The topological polar surface area (TPSA) is 43.2 Å². The van der Waals surface area contributed by atoms with E-state index < -0.39 is 0 Å². The molecule has 2 aliphatic carbocycles. The van der Waals surface area contributed by atoms with E-state index in [9.17, 15) is 5.11 Å². The summed E-state index contributed by atoms with van der Waals surface area (Å²) in [6.07, 6.45) is 16.2. The molecule has 0 amide bonds. The van der Waals surface area contributed by atoms with E-state index in [1.807, 2.05) is 36.4 Å². The van der Waals surface area contributed by atoms with Gasteiger partial charge < -0.3 is 18.7 Å². The standard InChI is InChI=1S/C55H36N2O2/c58-52-30-23-37(32-45(52)36-12-4-1-2-5-13-36)35-20-25-41(26-21-35)57-49-19-11-9-17-44(49)54-51(57)29-27-43-47-34-39(24-31-53(47)59-55(43)54)38-22-28-50-46(33-38)42-16-8-10-18-48(42)56(50)40-14-6-3-7-15-40/h1,3-8,10-16,18-34,58H,9,17H2. The Kier molecular flexibility index (Phi) is 7.43. The summed E-state index contributed by atoms with van der Waals surface area (Å²) < 4.78 is 11.6. The molecule has 4 nitrogen and oxygen atoms in total. The normalized spacial score (nSPS) is 13.6. The SMILES string of the molecule is Oc1ccc(-c2ccc(-n3c4c(c5c6oc7ccc(-c8ccc9c(c8)c8ccccc8n9-c8ccccc8)cc7c6ccc53)CCC=C4)cc2)cc1C1=CC=C=CC=C1. The molecule has 278 valence electrons. The van der Waals surface area contributed by atoms with E-state index >= 15 is 0 Å². The second-order valence-corrected chi connectivity index (χ2v) is 15.5.